The van der Waals surface area contributed by atoms with Crippen LogP contribution in [0.1, 0.15) is 46.3 Å². The van der Waals surface area contributed by atoms with E-state index in [1.165, 1.54) is 23.1 Å². The van der Waals surface area contributed by atoms with Crippen molar-refractivity contribution in [2.45, 2.75) is 37.1 Å². The quantitative estimate of drug-likeness (QED) is 0.913. The Morgan fingerprint density at radius 3 is 2.78 bits per heavy atom. The maximum atomic E-state index is 11.8. The summed E-state index contributed by atoms with van der Waals surface area (Å²) in [6.07, 6.45) is 2.31. The van der Waals surface area contributed by atoms with E-state index >= 15 is 0 Å². The highest BCUT2D eigenvalue weighted by Gasteiger charge is 2.68. The van der Waals surface area contributed by atoms with Crippen molar-refractivity contribution >= 4 is 5.91 Å². The molecule has 2 aromatic rings. The van der Waals surface area contributed by atoms with Gasteiger partial charge in [-0.3, -0.25) is 4.79 Å². The number of likely N-dealkylation sites (N-methyl/N-ethyl adjacent to an activating group) is 1. The number of ether oxygens (including phenoxy) is 1. The molecule has 1 amide bonds. The molecule has 1 aliphatic heterocycles. The van der Waals surface area contributed by atoms with E-state index in [0.29, 0.717) is 22.9 Å². The van der Waals surface area contributed by atoms with Crippen LogP contribution in [0.2, 0.25) is 0 Å². The van der Waals surface area contributed by atoms with Crippen molar-refractivity contribution in [1.29, 1.82) is 0 Å². The van der Waals surface area contributed by atoms with Crippen molar-refractivity contribution in [2.24, 2.45) is 11.1 Å². The van der Waals surface area contributed by atoms with E-state index in [4.69, 9.17) is 10.5 Å². The molecule has 2 aliphatic carbocycles. The minimum atomic E-state index is -0.360. The third-order valence-corrected chi connectivity index (χ3v) is 7.39. The number of hydrogen-bond acceptors (Lipinski definition) is 3. The molecule has 2 N–H and O–H groups in total. The average Bonchev–Trinajstić information content (AvgIpc) is 2.82. The number of carbonyl (C=O) groups excluding carboxylic acids is 1. The lowest BCUT2D eigenvalue weighted by atomic mass is 9.63. The van der Waals surface area contributed by atoms with E-state index < -0.39 is 0 Å². The van der Waals surface area contributed by atoms with Crippen molar-refractivity contribution in [3.63, 3.8) is 0 Å². The van der Waals surface area contributed by atoms with Crippen LogP contribution in [0.15, 0.2) is 42.5 Å². The summed E-state index contributed by atoms with van der Waals surface area (Å²) in [5, 5.41) is 0. The minimum absolute atomic E-state index is 0.0216. The Morgan fingerprint density at radius 2 is 2.07 bits per heavy atom. The Bertz CT molecular complexity index is 955. The summed E-state index contributed by atoms with van der Waals surface area (Å²) in [5.74, 6) is 0.897. The molecule has 1 saturated carbocycles. The van der Waals surface area contributed by atoms with Gasteiger partial charge in [0.25, 0.3) is 0 Å². The molecule has 1 spiro atoms. The number of amides is 1. The fourth-order valence-electron chi connectivity index (χ4n) is 6.67. The number of primary amides is 1. The van der Waals surface area contributed by atoms with Crippen LogP contribution in [0, 0.1) is 5.41 Å². The number of rotatable bonds is 3. The topological polar surface area (TPSA) is 55.6 Å². The molecule has 5 rings (SSSR count). The summed E-state index contributed by atoms with van der Waals surface area (Å²) in [4.78, 5) is 14.3. The van der Waals surface area contributed by atoms with Crippen molar-refractivity contribution in [2.75, 3.05) is 20.7 Å². The van der Waals surface area contributed by atoms with Gasteiger partial charge in [-0.1, -0.05) is 25.1 Å². The third kappa shape index (κ3) is 2.10. The zero-order valence-electron chi connectivity index (χ0n) is 16.2. The molecule has 2 bridgehead atoms. The van der Waals surface area contributed by atoms with Gasteiger partial charge in [0.1, 0.15) is 5.75 Å². The lowest BCUT2D eigenvalue weighted by Gasteiger charge is -2.55. The van der Waals surface area contributed by atoms with Gasteiger partial charge < -0.3 is 15.4 Å². The van der Waals surface area contributed by atoms with Crippen LogP contribution >= 0.6 is 0 Å². The number of nitrogens with zero attached hydrogens (tertiary/aromatic N) is 1. The van der Waals surface area contributed by atoms with Crippen LogP contribution in [0.25, 0.3) is 0 Å². The maximum absolute atomic E-state index is 11.8. The lowest BCUT2D eigenvalue weighted by Crippen LogP contribution is -2.62. The van der Waals surface area contributed by atoms with Gasteiger partial charge in [-0.2, -0.15) is 0 Å². The molecule has 4 heteroatoms. The van der Waals surface area contributed by atoms with E-state index in [0.717, 1.165) is 18.7 Å². The fraction of sp³-hybridized carbons (Fsp3) is 0.435. The molecular formula is C23H26N2O2. The Labute approximate surface area is 160 Å². The van der Waals surface area contributed by atoms with Gasteiger partial charge in [0.15, 0.2) is 0 Å². The van der Waals surface area contributed by atoms with Crippen molar-refractivity contribution in [3.8, 4) is 5.75 Å². The third-order valence-electron chi connectivity index (χ3n) is 7.39. The van der Waals surface area contributed by atoms with Crippen LogP contribution in [-0.4, -0.2) is 37.6 Å². The summed E-state index contributed by atoms with van der Waals surface area (Å²) in [5.41, 5.74) is 10.6. The van der Waals surface area contributed by atoms with Crippen LogP contribution in [0.5, 0.6) is 5.75 Å². The number of hydrogen-bond donors (Lipinski definition) is 1. The molecule has 27 heavy (non-hydrogen) atoms. The van der Waals surface area contributed by atoms with Crippen LogP contribution in [0.3, 0.4) is 0 Å². The molecule has 0 radical (unpaired) electrons. The van der Waals surface area contributed by atoms with Crippen molar-refractivity contribution in [1.82, 2.24) is 4.90 Å². The molecule has 1 heterocycles. The zero-order chi connectivity index (χ0) is 19.0. The van der Waals surface area contributed by atoms with Gasteiger partial charge in [-0.15, -0.1) is 0 Å². The summed E-state index contributed by atoms with van der Waals surface area (Å²) < 4.78 is 5.54. The highest BCUT2D eigenvalue weighted by Crippen LogP contribution is 2.68. The second-order valence-corrected chi connectivity index (χ2v) is 8.98. The van der Waals surface area contributed by atoms with Crippen LogP contribution in [0.4, 0.5) is 0 Å². The molecule has 3 aliphatic rings. The van der Waals surface area contributed by atoms with E-state index in [1.807, 2.05) is 18.2 Å². The fourth-order valence-corrected chi connectivity index (χ4v) is 6.67. The van der Waals surface area contributed by atoms with Gasteiger partial charge in [-0.05, 0) is 60.8 Å². The second kappa shape index (κ2) is 5.35. The standard InChI is InChI=1S/C23H26N2O2/c1-22-12-23(11-16-7-8-17(27-3)10-18(16)22)13-25(2)20(23)19(22)14-5-4-6-15(9-14)21(24)26/h4-10,19-20H,11-13H2,1-3H3,(H2,24,26). The number of fused-ring (bicyclic) bond motifs is 3. The molecular weight excluding hydrogens is 336 g/mol. The predicted octanol–water partition coefficient (Wildman–Crippen LogP) is 3.10. The van der Waals surface area contributed by atoms with E-state index in [1.54, 1.807) is 7.11 Å². The first kappa shape index (κ1) is 16.8. The first-order valence-electron chi connectivity index (χ1n) is 9.65. The number of nitrogens with two attached hydrogens (primary N) is 1. The molecule has 140 valence electrons. The average molecular weight is 362 g/mol. The smallest absolute Gasteiger partial charge is 0.248 e. The minimum Gasteiger partial charge on any atom is -0.497 e. The monoisotopic (exact) mass is 362 g/mol. The first-order valence-corrected chi connectivity index (χ1v) is 9.65. The number of methoxy groups -OCH3 is 1. The normalized spacial score (nSPS) is 33.7. The first-order chi connectivity index (χ1) is 12.9. The highest BCUT2D eigenvalue weighted by molar-refractivity contribution is 5.93. The molecule has 4 atom stereocenters. The van der Waals surface area contributed by atoms with Gasteiger partial charge in [0.05, 0.1) is 7.11 Å². The maximum Gasteiger partial charge on any atom is 0.248 e. The molecule has 4 unspecified atom stereocenters. The molecule has 0 aromatic heterocycles. The predicted molar refractivity (Wildman–Crippen MR) is 105 cm³/mol. The Kier molecular flexibility index (Phi) is 3.33. The summed E-state index contributed by atoms with van der Waals surface area (Å²) in [6.45, 7) is 3.55. The largest absolute Gasteiger partial charge is 0.497 e. The Morgan fingerprint density at radius 1 is 1.26 bits per heavy atom. The van der Waals surface area contributed by atoms with Crippen LogP contribution in [-0.2, 0) is 11.8 Å². The Hall–Kier alpha value is -2.33. The van der Waals surface area contributed by atoms with Crippen molar-refractivity contribution < 1.29 is 9.53 Å². The summed E-state index contributed by atoms with van der Waals surface area (Å²) >= 11 is 0. The Balaban J connectivity index is 1.71. The highest BCUT2D eigenvalue weighted by atomic mass is 16.5. The lowest BCUT2D eigenvalue weighted by molar-refractivity contribution is -0.0389. The van der Waals surface area contributed by atoms with Gasteiger partial charge >= 0.3 is 0 Å². The molecule has 2 fully saturated rings. The van der Waals surface area contributed by atoms with E-state index in [-0.39, 0.29) is 11.3 Å². The molecule has 2 aromatic carbocycles. The van der Waals surface area contributed by atoms with Gasteiger partial charge in [0.2, 0.25) is 5.91 Å². The number of benzene rings is 2. The zero-order valence-corrected chi connectivity index (χ0v) is 16.2. The van der Waals surface area contributed by atoms with Crippen molar-refractivity contribution in [3.05, 3.63) is 64.7 Å². The van der Waals surface area contributed by atoms with Gasteiger partial charge in [0, 0.05) is 34.9 Å². The van der Waals surface area contributed by atoms with Crippen LogP contribution < -0.4 is 10.5 Å². The SMILES string of the molecule is COc1ccc2c(c1)C1(C)CC3(C2)CN(C)C3C1c1cccc(C(N)=O)c1. The number of carbonyl (C=O) groups is 1. The second-order valence-electron chi connectivity index (χ2n) is 8.98. The molecule has 4 nitrogen and oxygen atoms in total. The van der Waals surface area contributed by atoms with Gasteiger partial charge in [-0.25, -0.2) is 0 Å². The molecule has 1 saturated heterocycles. The van der Waals surface area contributed by atoms with E-state index in [9.17, 15) is 4.79 Å². The summed E-state index contributed by atoms with van der Waals surface area (Å²) in [6, 6.07) is 15.0. The van der Waals surface area contributed by atoms with E-state index in [2.05, 4.69) is 43.1 Å². The number of likely N-dealkylation sites (tertiary alicyclic amines) is 1. The summed E-state index contributed by atoms with van der Waals surface area (Å²) in [7, 11) is 3.96.